The number of benzene rings is 2. The third-order valence-electron chi connectivity index (χ3n) is 3.12. The zero-order valence-electron chi connectivity index (χ0n) is 10.7. The first-order chi connectivity index (χ1) is 9.13. The van der Waals surface area contributed by atoms with Gasteiger partial charge in [0.15, 0.2) is 11.6 Å². The van der Waals surface area contributed by atoms with Crippen LogP contribution in [0.4, 0.5) is 8.78 Å². The second-order valence-electron chi connectivity index (χ2n) is 4.52. The largest absolute Gasteiger partial charge is 0.203 e. The van der Waals surface area contributed by atoms with Crippen LogP contribution >= 0.6 is 22.6 Å². The van der Waals surface area contributed by atoms with E-state index in [0.29, 0.717) is 14.7 Å². The second kappa shape index (κ2) is 6.46. The maximum atomic E-state index is 13.9. The lowest BCUT2D eigenvalue weighted by Gasteiger charge is -2.07. The number of hydrogen-bond acceptors (Lipinski definition) is 0. The molecule has 19 heavy (non-hydrogen) atoms. The van der Waals surface area contributed by atoms with Crippen molar-refractivity contribution in [2.45, 2.75) is 26.2 Å². The molecule has 2 aromatic rings. The minimum Gasteiger partial charge on any atom is -0.203 e. The van der Waals surface area contributed by atoms with Gasteiger partial charge in [-0.15, -0.1) is 0 Å². The number of halogens is 3. The van der Waals surface area contributed by atoms with Gasteiger partial charge < -0.3 is 0 Å². The summed E-state index contributed by atoms with van der Waals surface area (Å²) in [5, 5.41) is 0. The lowest BCUT2D eigenvalue weighted by molar-refractivity contribution is 0.506. The van der Waals surface area contributed by atoms with Crippen LogP contribution in [0.1, 0.15) is 25.3 Å². The van der Waals surface area contributed by atoms with Crippen molar-refractivity contribution in [2.75, 3.05) is 0 Å². The minimum atomic E-state index is -0.770. The van der Waals surface area contributed by atoms with Crippen molar-refractivity contribution in [3.8, 4) is 11.1 Å². The van der Waals surface area contributed by atoms with Gasteiger partial charge in [-0.3, -0.25) is 0 Å². The maximum Gasteiger partial charge on any atom is 0.172 e. The standard InChI is InChI=1S/C16H15F2I/c1-2-3-4-11-5-7-12(8-6-11)13-9-10-14(19)16(18)15(13)17/h5-10H,2-4H2,1H3. The van der Waals surface area contributed by atoms with Crippen LogP contribution < -0.4 is 0 Å². The molecule has 0 N–H and O–H groups in total. The Hall–Kier alpha value is -0.970. The predicted octanol–water partition coefficient (Wildman–Crippen LogP) is 5.58. The molecule has 0 unspecified atom stereocenters. The van der Waals surface area contributed by atoms with Gasteiger partial charge in [-0.25, -0.2) is 8.78 Å². The Kier molecular flexibility index (Phi) is 4.91. The predicted molar refractivity (Wildman–Crippen MR) is 83.1 cm³/mol. The highest BCUT2D eigenvalue weighted by atomic mass is 127. The van der Waals surface area contributed by atoms with Crippen molar-refractivity contribution < 1.29 is 8.78 Å². The second-order valence-corrected chi connectivity index (χ2v) is 5.69. The van der Waals surface area contributed by atoms with Crippen LogP contribution in [-0.2, 0) is 6.42 Å². The Bertz CT molecular complexity index is 562. The van der Waals surface area contributed by atoms with E-state index >= 15 is 0 Å². The molecule has 0 aliphatic carbocycles. The summed E-state index contributed by atoms with van der Waals surface area (Å²) >= 11 is 1.79. The summed E-state index contributed by atoms with van der Waals surface area (Å²) in [7, 11) is 0. The van der Waals surface area contributed by atoms with Gasteiger partial charge in [0.1, 0.15) is 0 Å². The molecule has 0 saturated carbocycles. The molecule has 0 radical (unpaired) electrons. The van der Waals surface area contributed by atoms with E-state index in [1.54, 1.807) is 34.7 Å². The first-order valence-corrected chi connectivity index (χ1v) is 7.44. The van der Waals surface area contributed by atoms with E-state index < -0.39 is 11.6 Å². The van der Waals surface area contributed by atoms with Gasteiger partial charge in [0.05, 0.1) is 3.57 Å². The average Bonchev–Trinajstić information content (AvgIpc) is 2.44. The zero-order chi connectivity index (χ0) is 13.8. The molecule has 100 valence electrons. The van der Waals surface area contributed by atoms with Crippen LogP contribution in [0.5, 0.6) is 0 Å². The first kappa shape index (κ1) is 14.4. The molecule has 0 nitrogen and oxygen atoms in total. The van der Waals surface area contributed by atoms with Crippen molar-refractivity contribution in [3.63, 3.8) is 0 Å². The fourth-order valence-corrected chi connectivity index (χ4v) is 2.40. The molecule has 0 atom stereocenters. The molecule has 0 aliphatic heterocycles. The van der Waals surface area contributed by atoms with E-state index in [4.69, 9.17) is 0 Å². The van der Waals surface area contributed by atoms with Crippen molar-refractivity contribution in [1.29, 1.82) is 0 Å². The Morgan fingerprint density at radius 2 is 1.63 bits per heavy atom. The Balaban J connectivity index is 2.30. The number of unbranched alkanes of at least 4 members (excludes halogenated alkanes) is 1. The van der Waals surface area contributed by atoms with Gasteiger partial charge >= 0.3 is 0 Å². The molecule has 0 spiro atoms. The highest BCUT2D eigenvalue weighted by molar-refractivity contribution is 14.1. The Labute approximate surface area is 126 Å². The number of aryl methyl sites for hydroxylation is 1. The summed E-state index contributed by atoms with van der Waals surface area (Å²) in [6.45, 7) is 2.15. The molecule has 2 rings (SSSR count). The Morgan fingerprint density at radius 3 is 2.26 bits per heavy atom. The molecular weight excluding hydrogens is 357 g/mol. The summed E-state index contributed by atoms with van der Waals surface area (Å²) in [4.78, 5) is 0. The van der Waals surface area contributed by atoms with E-state index in [0.717, 1.165) is 19.3 Å². The molecule has 2 aromatic carbocycles. The lowest BCUT2D eigenvalue weighted by atomic mass is 10.0. The fourth-order valence-electron chi connectivity index (χ4n) is 1.98. The first-order valence-electron chi connectivity index (χ1n) is 6.36. The van der Waals surface area contributed by atoms with E-state index in [9.17, 15) is 8.78 Å². The minimum absolute atomic E-state index is 0.304. The van der Waals surface area contributed by atoms with Crippen molar-refractivity contribution in [3.05, 3.63) is 57.2 Å². The molecule has 0 aromatic heterocycles. The molecule has 0 bridgehead atoms. The molecule has 0 amide bonds. The van der Waals surface area contributed by atoms with Crippen LogP contribution in [0.3, 0.4) is 0 Å². The summed E-state index contributed by atoms with van der Waals surface area (Å²) in [5.74, 6) is -1.54. The summed E-state index contributed by atoms with van der Waals surface area (Å²) in [6, 6.07) is 10.9. The number of hydrogen-bond donors (Lipinski definition) is 0. The van der Waals surface area contributed by atoms with E-state index in [2.05, 4.69) is 6.92 Å². The van der Waals surface area contributed by atoms with Gasteiger partial charge in [-0.2, -0.15) is 0 Å². The van der Waals surface area contributed by atoms with Crippen molar-refractivity contribution in [1.82, 2.24) is 0 Å². The van der Waals surface area contributed by atoms with Gasteiger partial charge in [-0.1, -0.05) is 43.7 Å². The van der Waals surface area contributed by atoms with Crippen molar-refractivity contribution in [2.24, 2.45) is 0 Å². The van der Waals surface area contributed by atoms with Gasteiger partial charge in [0, 0.05) is 5.56 Å². The summed E-state index contributed by atoms with van der Waals surface area (Å²) in [5.41, 5.74) is 2.27. The third kappa shape index (κ3) is 3.32. The molecule has 0 saturated heterocycles. The van der Waals surface area contributed by atoms with Gasteiger partial charge in [0.25, 0.3) is 0 Å². The molecule has 0 fully saturated rings. The maximum absolute atomic E-state index is 13.9. The van der Waals surface area contributed by atoms with Crippen molar-refractivity contribution >= 4 is 22.6 Å². The van der Waals surface area contributed by atoms with Crippen LogP contribution in [0.25, 0.3) is 11.1 Å². The lowest BCUT2D eigenvalue weighted by Crippen LogP contribution is -1.93. The monoisotopic (exact) mass is 372 g/mol. The van der Waals surface area contributed by atoms with Crippen LogP contribution in [0, 0.1) is 15.2 Å². The average molecular weight is 372 g/mol. The molecular formula is C16H15F2I. The zero-order valence-corrected chi connectivity index (χ0v) is 12.9. The Morgan fingerprint density at radius 1 is 0.947 bits per heavy atom. The summed E-state index contributed by atoms with van der Waals surface area (Å²) in [6.07, 6.45) is 3.32. The quantitative estimate of drug-likeness (QED) is 0.486. The molecule has 3 heteroatoms. The van der Waals surface area contributed by atoms with Gasteiger partial charge in [0.2, 0.25) is 0 Å². The van der Waals surface area contributed by atoms with E-state index in [1.807, 2.05) is 24.3 Å². The topological polar surface area (TPSA) is 0 Å². The van der Waals surface area contributed by atoms with Crippen LogP contribution in [0.2, 0.25) is 0 Å². The highest BCUT2D eigenvalue weighted by Crippen LogP contribution is 2.27. The van der Waals surface area contributed by atoms with Gasteiger partial charge in [-0.05, 0) is 52.6 Å². The summed E-state index contributed by atoms with van der Waals surface area (Å²) < 4.78 is 27.7. The highest BCUT2D eigenvalue weighted by Gasteiger charge is 2.12. The van der Waals surface area contributed by atoms with Crippen LogP contribution in [0.15, 0.2) is 36.4 Å². The fraction of sp³-hybridized carbons (Fsp3) is 0.250. The SMILES string of the molecule is CCCCc1ccc(-c2ccc(I)c(F)c2F)cc1. The third-order valence-corrected chi connectivity index (χ3v) is 3.95. The van der Waals surface area contributed by atoms with E-state index in [1.165, 1.54) is 5.56 Å². The van der Waals surface area contributed by atoms with E-state index in [-0.39, 0.29) is 0 Å². The number of rotatable bonds is 4. The molecule has 0 heterocycles. The molecule has 0 aliphatic rings. The van der Waals surface area contributed by atoms with Crippen LogP contribution in [-0.4, -0.2) is 0 Å². The smallest absolute Gasteiger partial charge is 0.172 e. The normalized spacial score (nSPS) is 10.7.